The van der Waals surface area contributed by atoms with Crippen LogP contribution in [0.4, 0.5) is 24.8 Å². The third kappa shape index (κ3) is 5.15. The van der Waals surface area contributed by atoms with Gasteiger partial charge in [-0.15, -0.1) is 0 Å². The Morgan fingerprint density at radius 3 is 2.03 bits per heavy atom. The maximum atomic E-state index is 12.7. The summed E-state index contributed by atoms with van der Waals surface area (Å²) in [5, 5.41) is 0. The van der Waals surface area contributed by atoms with Crippen molar-refractivity contribution in [3.63, 3.8) is 0 Å². The van der Waals surface area contributed by atoms with Gasteiger partial charge in [0, 0.05) is 32.4 Å². The summed E-state index contributed by atoms with van der Waals surface area (Å²) in [5.74, 6) is 2.80. The minimum absolute atomic E-state index is 0.414. The molecule has 2 aromatic rings. The molecule has 2 saturated heterocycles. The second kappa shape index (κ2) is 9.10. The van der Waals surface area contributed by atoms with Crippen molar-refractivity contribution in [3.8, 4) is 5.75 Å². The van der Waals surface area contributed by atoms with Crippen molar-refractivity contribution in [2.24, 2.45) is 5.92 Å². The summed E-state index contributed by atoms with van der Waals surface area (Å²) in [5.41, 5.74) is -0.713. The number of halogens is 3. The Hall–Kier alpha value is -2.51. The SMILES string of the molecule is FC(F)(F)c1ccc(N2CCC(COc3ccc(N4CCCCC4)nc3)CC2)nc1. The van der Waals surface area contributed by atoms with Crippen LogP contribution in [0.25, 0.3) is 0 Å². The van der Waals surface area contributed by atoms with Crippen molar-refractivity contribution in [2.45, 2.75) is 38.3 Å². The molecular weight excluding hydrogens is 393 g/mol. The van der Waals surface area contributed by atoms with Crippen molar-refractivity contribution in [1.29, 1.82) is 0 Å². The molecule has 4 rings (SSSR count). The number of pyridine rings is 2. The quantitative estimate of drug-likeness (QED) is 0.696. The molecule has 0 unspecified atom stereocenters. The van der Waals surface area contributed by atoms with Crippen molar-refractivity contribution in [3.05, 3.63) is 42.2 Å². The Morgan fingerprint density at radius 1 is 0.833 bits per heavy atom. The molecule has 0 bridgehead atoms. The fraction of sp³-hybridized carbons (Fsp3) is 0.545. The zero-order chi connectivity index (χ0) is 21.0. The van der Waals surface area contributed by atoms with E-state index in [0.717, 1.165) is 62.9 Å². The maximum absolute atomic E-state index is 12.7. The first kappa shape index (κ1) is 20.8. The Labute approximate surface area is 174 Å². The second-order valence-electron chi connectivity index (χ2n) is 8.04. The summed E-state index contributed by atoms with van der Waals surface area (Å²) >= 11 is 0. The number of ether oxygens (including phenoxy) is 1. The molecule has 0 radical (unpaired) electrons. The van der Waals surface area contributed by atoms with E-state index < -0.39 is 11.7 Å². The molecule has 5 nitrogen and oxygen atoms in total. The topological polar surface area (TPSA) is 41.5 Å². The molecule has 0 aliphatic carbocycles. The summed E-state index contributed by atoms with van der Waals surface area (Å²) < 4.78 is 44.0. The molecule has 2 aromatic heterocycles. The molecule has 2 fully saturated rings. The second-order valence-corrected chi connectivity index (χ2v) is 8.04. The van der Waals surface area contributed by atoms with E-state index in [1.807, 2.05) is 17.0 Å². The summed E-state index contributed by atoms with van der Waals surface area (Å²) in [6.07, 6.45) is 3.93. The number of piperidine rings is 2. The molecular formula is C22H27F3N4O. The standard InChI is InChI=1S/C22H27F3N4O/c23-22(24,25)18-4-6-20(26-14-18)29-12-8-17(9-13-29)16-30-19-5-7-21(27-15-19)28-10-2-1-3-11-28/h4-7,14-15,17H,1-3,8-13,16H2. The van der Waals surface area contributed by atoms with Crippen LogP contribution in [-0.2, 0) is 6.18 Å². The lowest BCUT2D eigenvalue weighted by molar-refractivity contribution is -0.137. The van der Waals surface area contributed by atoms with Crippen LogP contribution in [0, 0.1) is 5.92 Å². The van der Waals surface area contributed by atoms with E-state index in [2.05, 4.69) is 14.9 Å². The number of alkyl halides is 3. The number of hydrogen-bond donors (Lipinski definition) is 0. The van der Waals surface area contributed by atoms with Crippen LogP contribution in [0.5, 0.6) is 5.75 Å². The Bertz CT molecular complexity index is 797. The third-order valence-electron chi connectivity index (χ3n) is 5.90. The summed E-state index contributed by atoms with van der Waals surface area (Å²) in [6, 6.07) is 6.56. The van der Waals surface area contributed by atoms with Crippen LogP contribution in [0.3, 0.4) is 0 Å². The number of nitrogens with zero attached hydrogens (tertiary/aromatic N) is 4. The summed E-state index contributed by atoms with van der Waals surface area (Å²) in [4.78, 5) is 12.9. The summed E-state index contributed by atoms with van der Waals surface area (Å²) in [6.45, 7) is 4.29. The minimum Gasteiger partial charge on any atom is -0.492 e. The van der Waals surface area contributed by atoms with Gasteiger partial charge in [-0.05, 0) is 62.3 Å². The van der Waals surface area contributed by atoms with Gasteiger partial charge in [-0.1, -0.05) is 0 Å². The number of anilines is 2. The first-order chi connectivity index (χ1) is 14.5. The first-order valence-electron chi connectivity index (χ1n) is 10.6. The molecule has 0 spiro atoms. The van der Waals surface area contributed by atoms with Crippen molar-refractivity contribution < 1.29 is 17.9 Å². The van der Waals surface area contributed by atoms with Gasteiger partial charge in [0.15, 0.2) is 0 Å². The molecule has 0 amide bonds. The van der Waals surface area contributed by atoms with Gasteiger partial charge in [-0.25, -0.2) is 9.97 Å². The van der Waals surface area contributed by atoms with Gasteiger partial charge in [0.2, 0.25) is 0 Å². The van der Waals surface area contributed by atoms with E-state index >= 15 is 0 Å². The average molecular weight is 420 g/mol. The van der Waals surface area contributed by atoms with Crippen molar-refractivity contribution in [1.82, 2.24) is 9.97 Å². The molecule has 0 atom stereocenters. The Morgan fingerprint density at radius 2 is 1.47 bits per heavy atom. The molecule has 8 heteroatoms. The van der Waals surface area contributed by atoms with E-state index in [0.29, 0.717) is 18.3 Å². The molecule has 2 aliphatic rings. The van der Waals surface area contributed by atoms with Crippen molar-refractivity contribution in [2.75, 3.05) is 42.6 Å². The third-order valence-corrected chi connectivity index (χ3v) is 5.90. The molecule has 30 heavy (non-hydrogen) atoms. The monoisotopic (exact) mass is 420 g/mol. The molecule has 0 aromatic carbocycles. The lowest BCUT2D eigenvalue weighted by Crippen LogP contribution is -2.36. The minimum atomic E-state index is -4.35. The largest absolute Gasteiger partial charge is 0.492 e. The van der Waals surface area contributed by atoms with E-state index in [-0.39, 0.29) is 0 Å². The fourth-order valence-electron chi connectivity index (χ4n) is 4.05. The number of rotatable bonds is 5. The average Bonchev–Trinajstić information content (AvgIpc) is 2.78. The Kier molecular flexibility index (Phi) is 6.29. The van der Waals surface area contributed by atoms with E-state index in [1.165, 1.54) is 25.3 Å². The summed E-state index contributed by atoms with van der Waals surface area (Å²) in [7, 11) is 0. The molecule has 0 saturated carbocycles. The van der Waals surface area contributed by atoms with Crippen LogP contribution in [0.1, 0.15) is 37.7 Å². The van der Waals surface area contributed by atoms with Crippen LogP contribution in [0.2, 0.25) is 0 Å². The molecule has 4 heterocycles. The van der Waals surface area contributed by atoms with Crippen LogP contribution in [-0.4, -0.2) is 42.8 Å². The van der Waals surface area contributed by atoms with Gasteiger partial charge in [-0.2, -0.15) is 13.2 Å². The van der Waals surface area contributed by atoms with Gasteiger partial charge >= 0.3 is 6.18 Å². The number of hydrogen-bond acceptors (Lipinski definition) is 5. The highest BCUT2D eigenvalue weighted by Gasteiger charge is 2.31. The highest BCUT2D eigenvalue weighted by molar-refractivity contribution is 5.41. The maximum Gasteiger partial charge on any atom is 0.417 e. The molecule has 2 aliphatic heterocycles. The number of aromatic nitrogens is 2. The predicted octanol–water partition coefficient (Wildman–Crippen LogP) is 4.78. The zero-order valence-corrected chi connectivity index (χ0v) is 16.9. The van der Waals surface area contributed by atoms with Gasteiger partial charge in [0.05, 0.1) is 18.4 Å². The highest BCUT2D eigenvalue weighted by atomic mass is 19.4. The van der Waals surface area contributed by atoms with Gasteiger partial charge in [0.25, 0.3) is 0 Å². The van der Waals surface area contributed by atoms with E-state index in [9.17, 15) is 13.2 Å². The zero-order valence-electron chi connectivity index (χ0n) is 16.9. The normalized spacial score (nSPS) is 18.5. The fourth-order valence-corrected chi connectivity index (χ4v) is 4.05. The van der Waals surface area contributed by atoms with Crippen LogP contribution < -0.4 is 14.5 Å². The molecule has 162 valence electrons. The van der Waals surface area contributed by atoms with Gasteiger partial charge in [-0.3, -0.25) is 0 Å². The van der Waals surface area contributed by atoms with E-state index in [4.69, 9.17) is 4.74 Å². The predicted molar refractivity (Wildman–Crippen MR) is 110 cm³/mol. The lowest BCUT2D eigenvalue weighted by atomic mass is 9.98. The Balaban J connectivity index is 1.23. The molecule has 0 N–H and O–H groups in total. The van der Waals surface area contributed by atoms with Gasteiger partial charge < -0.3 is 14.5 Å². The van der Waals surface area contributed by atoms with Crippen LogP contribution >= 0.6 is 0 Å². The van der Waals surface area contributed by atoms with Crippen molar-refractivity contribution >= 4 is 11.6 Å². The van der Waals surface area contributed by atoms with E-state index in [1.54, 1.807) is 6.20 Å². The highest BCUT2D eigenvalue weighted by Crippen LogP contribution is 2.30. The lowest BCUT2D eigenvalue weighted by Gasteiger charge is -2.32. The van der Waals surface area contributed by atoms with Crippen LogP contribution in [0.15, 0.2) is 36.7 Å². The first-order valence-corrected chi connectivity index (χ1v) is 10.6. The smallest absolute Gasteiger partial charge is 0.417 e. The van der Waals surface area contributed by atoms with Gasteiger partial charge in [0.1, 0.15) is 17.4 Å².